The van der Waals surface area contributed by atoms with E-state index < -0.39 is 0 Å². The smallest absolute Gasteiger partial charge is 0.229 e. The molecule has 2 aliphatic heterocycles. The number of halogens is 1. The molecule has 3 heterocycles. The van der Waals surface area contributed by atoms with E-state index in [9.17, 15) is 9.59 Å². The van der Waals surface area contributed by atoms with Crippen LogP contribution in [0.4, 0.5) is 5.69 Å². The molecule has 8 heteroatoms. The highest BCUT2D eigenvalue weighted by molar-refractivity contribution is 9.10. The Labute approximate surface area is 190 Å². The molecule has 1 fully saturated rings. The van der Waals surface area contributed by atoms with Crippen molar-refractivity contribution >= 4 is 64.0 Å². The van der Waals surface area contributed by atoms with Crippen molar-refractivity contribution in [2.45, 2.75) is 13.0 Å². The van der Waals surface area contributed by atoms with Gasteiger partial charge in [-0.3, -0.25) is 9.59 Å². The first-order chi connectivity index (χ1) is 14.4. The van der Waals surface area contributed by atoms with Gasteiger partial charge >= 0.3 is 0 Å². The van der Waals surface area contributed by atoms with Crippen LogP contribution in [0.15, 0.2) is 33.4 Å². The minimum atomic E-state index is -0.200. The number of rotatable bonds is 5. The van der Waals surface area contributed by atoms with Crippen LogP contribution in [0, 0.1) is 12.8 Å². The first kappa shape index (κ1) is 21.3. The number of benzene rings is 1. The van der Waals surface area contributed by atoms with Crippen LogP contribution in [0.2, 0.25) is 0 Å². The largest absolute Gasteiger partial charge is 0.375 e. The molecule has 2 aromatic rings. The van der Waals surface area contributed by atoms with Gasteiger partial charge in [0.25, 0.3) is 0 Å². The van der Waals surface area contributed by atoms with Crippen molar-refractivity contribution in [3.63, 3.8) is 0 Å². The van der Waals surface area contributed by atoms with E-state index in [0.29, 0.717) is 31.9 Å². The topological polar surface area (TPSA) is 49.9 Å². The second-order valence-corrected chi connectivity index (χ2v) is 9.61. The van der Waals surface area contributed by atoms with Gasteiger partial charge in [-0.25, -0.2) is 0 Å². The summed E-state index contributed by atoms with van der Waals surface area (Å²) in [5, 5.41) is 4.16. The average Bonchev–Trinajstić information content (AvgIpc) is 3.13. The summed E-state index contributed by atoms with van der Waals surface area (Å²) in [6, 6.07) is 3.78. The van der Waals surface area contributed by atoms with Crippen molar-refractivity contribution in [1.82, 2.24) is 4.90 Å². The lowest BCUT2D eigenvalue weighted by Crippen LogP contribution is -2.56. The van der Waals surface area contributed by atoms with Gasteiger partial charge in [0.2, 0.25) is 5.91 Å². The summed E-state index contributed by atoms with van der Waals surface area (Å²) >= 11 is 5.22. The first-order valence-corrected chi connectivity index (χ1v) is 11.7. The lowest BCUT2D eigenvalue weighted by atomic mass is 9.83. The van der Waals surface area contributed by atoms with Gasteiger partial charge in [0, 0.05) is 36.5 Å². The highest BCUT2D eigenvalue weighted by atomic mass is 79.9. The molecular weight excluding hydrogens is 463 g/mol. The molecule has 1 aromatic heterocycles. The summed E-state index contributed by atoms with van der Waals surface area (Å²) in [6.45, 7) is 4.36. The number of amides is 1. The zero-order valence-electron chi connectivity index (χ0n) is 17.4. The molecule has 5 nitrogen and oxygen atoms in total. The van der Waals surface area contributed by atoms with Gasteiger partial charge in [-0.05, 0) is 40.1 Å². The predicted molar refractivity (Wildman–Crippen MR) is 128 cm³/mol. The van der Waals surface area contributed by atoms with E-state index in [4.69, 9.17) is 4.74 Å². The van der Waals surface area contributed by atoms with Crippen molar-refractivity contribution in [3.8, 4) is 0 Å². The molecule has 4 rings (SSSR count). The molecule has 1 aromatic carbocycles. The summed E-state index contributed by atoms with van der Waals surface area (Å²) in [6.07, 6.45) is 2.91. The van der Waals surface area contributed by atoms with Gasteiger partial charge in [-0.15, -0.1) is 11.3 Å². The third-order valence-electron chi connectivity index (χ3n) is 6.14. The van der Waals surface area contributed by atoms with E-state index in [1.54, 1.807) is 16.2 Å². The van der Waals surface area contributed by atoms with Crippen LogP contribution in [0.25, 0.3) is 5.57 Å². The summed E-state index contributed by atoms with van der Waals surface area (Å²) in [4.78, 5) is 29.0. The van der Waals surface area contributed by atoms with Crippen molar-refractivity contribution in [2.75, 3.05) is 38.3 Å². The van der Waals surface area contributed by atoms with Gasteiger partial charge in [-0.2, -0.15) is 0 Å². The Hall–Kier alpha value is -1.90. The molecule has 0 aliphatic carbocycles. The standard InChI is InChI=1S/C22H24BBrN2O3S/c1-13-5-14(9-27)17(6-18(13)23)16-3-4-29-10-20(16)25(2)22(28)15-7-26(8-15)21-12-30-11-19(21)24/h3,5-6,9,11-12,15,20H,4,7-8,10,23H2,1-2H3. The Morgan fingerprint density at radius 3 is 2.80 bits per heavy atom. The Kier molecular flexibility index (Phi) is 6.18. The number of hydrogen-bond acceptors (Lipinski definition) is 5. The second-order valence-electron chi connectivity index (χ2n) is 8.01. The summed E-state index contributed by atoms with van der Waals surface area (Å²) in [7, 11) is 3.89. The second kappa shape index (κ2) is 8.69. The molecule has 156 valence electrons. The SMILES string of the molecule is Bc1cc(C2=CCOCC2N(C)C(=O)C2CN(c3cscc3Br)C2)c(C=O)cc1C. The average molecular weight is 487 g/mol. The normalized spacial score (nSPS) is 19.2. The van der Waals surface area contributed by atoms with Crippen LogP contribution in [0.1, 0.15) is 21.5 Å². The molecular formula is C22H24BBrN2O3S. The maximum absolute atomic E-state index is 13.2. The molecule has 0 bridgehead atoms. The van der Waals surface area contributed by atoms with Gasteiger partial charge in [0.1, 0.15) is 7.85 Å². The van der Waals surface area contributed by atoms with Crippen molar-refractivity contribution in [1.29, 1.82) is 0 Å². The Morgan fingerprint density at radius 2 is 2.13 bits per heavy atom. The molecule has 0 spiro atoms. The van der Waals surface area contributed by atoms with Gasteiger partial charge in [-0.1, -0.05) is 23.2 Å². The van der Waals surface area contributed by atoms with E-state index in [1.165, 1.54) is 0 Å². The number of thiophene rings is 1. The number of ether oxygens (including phenoxy) is 1. The fourth-order valence-electron chi connectivity index (χ4n) is 4.12. The van der Waals surface area contributed by atoms with E-state index in [-0.39, 0.29) is 17.9 Å². The third-order valence-corrected chi connectivity index (χ3v) is 7.81. The number of aldehydes is 1. The van der Waals surface area contributed by atoms with Crippen LogP contribution in [-0.2, 0) is 9.53 Å². The fraction of sp³-hybridized carbons (Fsp3) is 0.364. The van der Waals surface area contributed by atoms with E-state index in [0.717, 1.165) is 38.6 Å². The Balaban J connectivity index is 1.53. The van der Waals surface area contributed by atoms with Gasteiger partial charge in [0.15, 0.2) is 6.29 Å². The van der Waals surface area contributed by atoms with Crippen molar-refractivity contribution in [3.05, 3.63) is 50.1 Å². The summed E-state index contributed by atoms with van der Waals surface area (Å²) in [5.74, 6) is 0.0887. The first-order valence-electron chi connectivity index (χ1n) is 9.98. The molecule has 1 unspecified atom stereocenters. The third kappa shape index (κ3) is 3.88. The molecule has 0 N–H and O–H groups in total. The molecule has 30 heavy (non-hydrogen) atoms. The summed E-state index contributed by atoms with van der Waals surface area (Å²) < 4.78 is 6.76. The molecule has 2 aliphatic rings. The molecule has 1 saturated heterocycles. The summed E-state index contributed by atoms with van der Waals surface area (Å²) in [5.41, 5.74) is 5.93. The van der Waals surface area contributed by atoms with Crippen LogP contribution >= 0.6 is 27.3 Å². The number of carbonyl (C=O) groups excluding carboxylic acids is 2. The number of carbonyl (C=O) groups is 2. The highest BCUT2D eigenvalue weighted by Crippen LogP contribution is 2.36. The lowest BCUT2D eigenvalue weighted by molar-refractivity contribution is -0.137. The maximum atomic E-state index is 13.2. The van der Waals surface area contributed by atoms with E-state index in [2.05, 4.69) is 37.7 Å². The minimum absolute atomic E-state index is 0.0322. The maximum Gasteiger partial charge on any atom is 0.229 e. The predicted octanol–water partition coefficient (Wildman–Crippen LogP) is 2.27. The van der Waals surface area contributed by atoms with E-state index in [1.807, 2.05) is 34.0 Å². The monoisotopic (exact) mass is 486 g/mol. The number of nitrogens with zero attached hydrogens (tertiary/aromatic N) is 2. The Bertz CT molecular complexity index is 1020. The van der Waals surface area contributed by atoms with Crippen LogP contribution < -0.4 is 10.4 Å². The van der Waals surface area contributed by atoms with Gasteiger partial charge in [0.05, 0.1) is 35.3 Å². The quantitative estimate of drug-likeness (QED) is 0.480. The van der Waals surface area contributed by atoms with Crippen molar-refractivity contribution in [2.24, 2.45) is 5.92 Å². The van der Waals surface area contributed by atoms with Crippen LogP contribution in [0.5, 0.6) is 0 Å². The number of aryl methyl sites for hydroxylation is 1. The number of anilines is 1. The molecule has 1 atom stereocenters. The van der Waals surface area contributed by atoms with E-state index >= 15 is 0 Å². The number of likely N-dealkylation sites (N-methyl/N-ethyl adjacent to an activating group) is 1. The van der Waals surface area contributed by atoms with Crippen molar-refractivity contribution < 1.29 is 14.3 Å². The fourth-order valence-corrected chi connectivity index (χ4v) is 5.68. The van der Waals surface area contributed by atoms with Gasteiger partial charge < -0.3 is 14.5 Å². The molecule has 0 radical (unpaired) electrons. The lowest BCUT2D eigenvalue weighted by Gasteiger charge is -2.43. The highest BCUT2D eigenvalue weighted by Gasteiger charge is 2.38. The van der Waals surface area contributed by atoms with Crippen LogP contribution in [-0.4, -0.2) is 64.3 Å². The minimum Gasteiger partial charge on any atom is -0.375 e. The Morgan fingerprint density at radius 1 is 1.37 bits per heavy atom. The van der Waals surface area contributed by atoms with Crippen LogP contribution in [0.3, 0.4) is 0 Å². The molecule has 1 amide bonds. The zero-order chi connectivity index (χ0) is 21.4. The zero-order valence-corrected chi connectivity index (χ0v) is 19.8. The number of hydrogen-bond donors (Lipinski definition) is 0. The molecule has 0 saturated carbocycles.